The second-order valence-electron chi connectivity index (χ2n) is 5.39. The number of carbonyl (C=O) groups is 1. The lowest BCUT2D eigenvalue weighted by Crippen LogP contribution is -2.33. The van der Waals surface area contributed by atoms with E-state index in [-0.39, 0.29) is 5.91 Å². The van der Waals surface area contributed by atoms with E-state index in [1.807, 2.05) is 29.6 Å². The summed E-state index contributed by atoms with van der Waals surface area (Å²) in [6, 6.07) is 9.86. The smallest absolute Gasteiger partial charge is 0.251 e. The lowest BCUT2D eigenvalue weighted by molar-refractivity contribution is 0.0536. The number of thiophene rings is 1. The summed E-state index contributed by atoms with van der Waals surface area (Å²) in [7, 11) is 0. The number of rotatable bonds is 4. The zero-order valence-electron chi connectivity index (χ0n) is 11.9. The molecule has 1 N–H and O–H groups in total. The summed E-state index contributed by atoms with van der Waals surface area (Å²) in [5, 5.41) is 7.17. The second kappa shape index (κ2) is 6.87. The Kier molecular flexibility index (Phi) is 4.68. The molecule has 1 fully saturated rings. The van der Waals surface area contributed by atoms with Crippen molar-refractivity contribution in [3.8, 4) is 11.1 Å². The Morgan fingerprint density at radius 1 is 1.33 bits per heavy atom. The monoisotopic (exact) mass is 301 g/mol. The molecular weight excluding hydrogens is 282 g/mol. The van der Waals surface area contributed by atoms with Gasteiger partial charge in [0, 0.05) is 18.7 Å². The van der Waals surface area contributed by atoms with Crippen LogP contribution in [0.15, 0.2) is 41.1 Å². The molecule has 0 aliphatic carbocycles. The number of ether oxygens (including phenoxy) is 1. The van der Waals surface area contributed by atoms with Crippen LogP contribution in [-0.4, -0.2) is 25.7 Å². The Bertz CT molecular complexity index is 589. The van der Waals surface area contributed by atoms with Crippen molar-refractivity contribution in [2.75, 3.05) is 19.8 Å². The predicted molar refractivity (Wildman–Crippen MR) is 85.6 cm³/mol. The maximum atomic E-state index is 12.3. The second-order valence-corrected chi connectivity index (χ2v) is 6.17. The van der Waals surface area contributed by atoms with Crippen LogP contribution in [0, 0.1) is 5.92 Å². The highest BCUT2D eigenvalue weighted by Gasteiger charge is 2.15. The summed E-state index contributed by atoms with van der Waals surface area (Å²) in [5.74, 6) is 0.445. The zero-order chi connectivity index (χ0) is 14.5. The average Bonchev–Trinajstić information content (AvgIpc) is 3.08. The molecular formula is C17H19NO2S. The lowest BCUT2D eigenvalue weighted by atomic mass is 10.0. The van der Waals surface area contributed by atoms with Gasteiger partial charge in [0.15, 0.2) is 0 Å². The van der Waals surface area contributed by atoms with Crippen molar-refractivity contribution in [1.29, 1.82) is 0 Å². The molecule has 2 heterocycles. The molecule has 2 aromatic rings. The molecule has 0 unspecified atom stereocenters. The van der Waals surface area contributed by atoms with Gasteiger partial charge in [-0.05, 0) is 58.8 Å². The van der Waals surface area contributed by atoms with Gasteiger partial charge in [-0.1, -0.05) is 12.1 Å². The number of hydrogen-bond donors (Lipinski definition) is 1. The SMILES string of the molecule is O=C(NC[C@H]1CCCOC1)c1cccc(-c2ccsc2)c1. The van der Waals surface area contributed by atoms with Crippen molar-refractivity contribution in [2.24, 2.45) is 5.92 Å². The molecule has 1 aromatic heterocycles. The van der Waals surface area contributed by atoms with E-state index in [9.17, 15) is 4.79 Å². The van der Waals surface area contributed by atoms with Crippen LogP contribution in [0.1, 0.15) is 23.2 Å². The van der Waals surface area contributed by atoms with Gasteiger partial charge >= 0.3 is 0 Å². The van der Waals surface area contributed by atoms with Gasteiger partial charge in [-0.25, -0.2) is 0 Å². The number of nitrogens with one attached hydrogen (secondary N) is 1. The number of benzene rings is 1. The van der Waals surface area contributed by atoms with Gasteiger partial charge in [0.1, 0.15) is 0 Å². The molecule has 0 saturated carbocycles. The van der Waals surface area contributed by atoms with Gasteiger partial charge in [-0.3, -0.25) is 4.79 Å². The quantitative estimate of drug-likeness (QED) is 0.937. The van der Waals surface area contributed by atoms with E-state index in [4.69, 9.17) is 4.74 Å². The van der Waals surface area contributed by atoms with Crippen LogP contribution in [0.3, 0.4) is 0 Å². The van der Waals surface area contributed by atoms with Gasteiger partial charge in [-0.15, -0.1) is 0 Å². The molecule has 4 heteroatoms. The van der Waals surface area contributed by atoms with E-state index < -0.39 is 0 Å². The normalized spacial score (nSPS) is 18.4. The standard InChI is InChI=1S/C17H19NO2S/c19-17(18-10-13-3-2-7-20-11-13)15-5-1-4-14(9-15)16-6-8-21-12-16/h1,4-6,8-9,12-13H,2-3,7,10-11H2,(H,18,19)/t13-/m1/s1. The first-order valence-electron chi connectivity index (χ1n) is 7.31. The Hall–Kier alpha value is -1.65. The fourth-order valence-corrected chi connectivity index (χ4v) is 3.24. The molecule has 21 heavy (non-hydrogen) atoms. The van der Waals surface area contributed by atoms with Gasteiger partial charge in [-0.2, -0.15) is 11.3 Å². The predicted octanol–water partition coefficient (Wildman–Crippen LogP) is 3.57. The molecule has 1 amide bonds. The fraction of sp³-hybridized carbons (Fsp3) is 0.353. The highest BCUT2D eigenvalue weighted by atomic mass is 32.1. The lowest BCUT2D eigenvalue weighted by Gasteiger charge is -2.22. The van der Waals surface area contributed by atoms with Crippen molar-refractivity contribution in [3.05, 3.63) is 46.7 Å². The first kappa shape index (κ1) is 14.3. The van der Waals surface area contributed by atoms with Gasteiger partial charge in [0.05, 0.1) is 6.61 Å². The molecule has 1 aliphatic heterocycles. The van der Waals surface area contributed by atoms with Crippen molar-refractivity contribution in [3.63, 3.8) is 0 Å². The topological polar surface area (TPSA) is 38.3 Å². The maximum absolute atomic E-state index is 12.3. The molecule has 0 spiro atoms. The minimum absolute atomic E-state index is 0.00217. The van der Waals surface area contributed by atoms with Crippen molar-refractivity contribution >= 4 is 17.2 Å². The van der Waals surface area contributed by atoms with Crippen molar-refractivity contribution < 1.29 is 9.53 Å². The van der Waals surface area contributed by atoms with E-state index in [0.717, 1.165) is 42.7 Å². The third-order valence-corrected chi connectivity index (χ3v) is 4.47. The van der Waals surface area contributed by atoms with Crippen LogP contribution >= 0.6 is 11.3 Å². The summed E-state index contributed by atoms with van der Waals surface area (Å²) >= 11 is 1.66. The highest BCUT2D eigenvalue weighted by molar-refractivity contribution is 7.08. The van der Waals surface area contributed by atoms with Crippen molar-refractivity contribution in [2.45, 2.75) is 12.8 Å². The molecule has 110 valence electrons. The van der Waals surface area contributed by atoms with Crippen LogP contribution in [-0.2, 0) is 4.74 Å². The van der Waals surface area contributed by atoms with E-state index in [1.165, 1.54) is 0 Å². The Balaban J connectivity index is 1.63. The van der Waals surface area contributed by atoms with Crippen LogP contribution in [0.5, 0.6) is 0 Å². The van der Waals surface area contributed by atoms with E-state index >= 15 is 0 Å². The number of carbonyl (C=O) groups excluding carboxylic acids is 1. The molecule has 0 bridgehead atoms. The van der Waals surface area contributed by atoms with Crippen LogP contribution in [0.2, 0.25) is 0 Å². The van der Waals surface area contributed by atoms with Gasteiger partial charge < -0.3 is 10.1 Å². The molecule has 1 aromatic carbocycles. The third-order valence-electron chi connectivity index (χ3n) is 3.79. The minimum atomic E-state index is -0.00217. The van der Waals surface area contributed by atoms with Gasteiger partial charge in [0.25, 0.3) is 5.91 Å². The summed E-state index contributed by atoms with van der Waals surface area (Å²) in [6.45, 7) is 2.31. The van der Waals surface area contributed by atoms with Gasteiger partial charge in [0.2, 0.25) is 0 Å². The maximum Gasteiger partial charge on any atom is 0.251 e. The zero-order valence-corrected chi connectivity index (χ0v) is 12.7. The van der Waals surface area contributed by atoms with Crippen LogP contribution in [0.25, 0.3) is 11.1 Å². The van der Waals surface area contributed by atoms with E-state index in [0.29, 0.717) is 12.5 Å². The molecule has 1 saturated heterocycles. The summed E-state index contributed by atoms with van der Waals surface area (Å²) in [4.78, 5) is 12.3. The summed E-state index contributed by atoms with van der Waals surface area (Å²) < 4.78 is 5.44. The molecule has 0 radical (unpaired) electrons. The molecule has 3 nitrogen and oxygen atoms in total. The van der Waals surface area contributed by atoms with Crippen molar-refractivity contribution in [1.82, 2.24) is 5.32 Å². The van der Waals surface area contributed by atoms with Crippen LogP contribution in [0.4, 0.5) is 0 Å². The minimum Gasteiger partial charge on any atom is -0.381 e. The Morgan fingerprint density at radius 3 is 3.05 bits per heavy atom. The third kappa shape index (κ3) is 3.71. The molecule has 1 atom stereocenters. The van der Waals surface area contributed by atoms with E-state index in [1.54, 1.807) is 11.3 Å². The fourth-order valence-electron chi connectivity index (χ4n) is 2.58. The Morgan fingerprint density at radius 2 is 2.29 bits per heavy atom. The highest BCUT2D eigenvalue weighted by Crippen LogP contribution is 2.23. The number of hydrogen-bond acceptors (Lipinski definition) is 3. The summed E-state index contributed by atoms with van der Waals surface area (Å²) in [5.41, 5.74) is 2.97. The Labute approximate surface area is 129 Å². The first-order chi connectivity index (χ1) is 10.3. The first-order valence-corrected chi connectivity index (χ1v) is 8.26. The van der Waals surface area contributed by atoms with E-state index in [2.05, 4.69) is 16.8 Å². The number of amides is 1. The van der Waals surface area contributed by atoms with Crippen LogP contribution < -0.4 is 5.32 Å². The molecule has 3 rings (SSSR count). The average molecular weight is 301 g/mol. The largest absolute Gasteiger partial charge is 0.381 e. The molecule has 1 aliphatic rings. The summed E-state index contributed by atoms with van der Waals surface area (Å²) in [6.07, 6.45) is 2.23.